The summed E-state index contributed by atoms with van der Waals surface area (Å²) >= 11 is 0. The van der Waals surface area contributed by atoms with Gasteiger partial charge in [-0.15, -0.1) is 5.98 Å². The van der Waals surface area contributed by atoms with Crippen molar-refractivity contribution in [2.75, 3.05) is 0 Å². The van der Waals surface area contributed by atoms with Crippen LogP contribution < -0.4 is 0 Å². The smallest absolute Gasteiger partial charge is 0.103 e. The van der Waals surface area contributed by atoms with Gasteiger partial charge in [-0.05, 0) is 27.8 Å². The Morgan fingerprint density at radius 3 is 1.51 bits per heavy atom. The van der Waals surface area contributed by atoms with Crippen molar-refractivity contribution >= 4 is 22.9 Å². The summed E-state index contributed by atoms with van der Waals surface area (Å²) < 4.78 is 2.31. The number of rotatable bonds is 7. The quantitative estimate of drug-likeness (QED) is 0.225. The minimum atomic E-state index is -0.489. The predicted octanol–water partition coefficient (Wildman–Crippen LogP) is 6.87. The normalized spacial score (nSPS) is 11.2. The third kappa shape index (κ3) is 6.28. The van der Waals surface area contributed by atoms with Gasteiger partial charge in [0.2, 0.25) is 0 Å². The molecule has 4 heteroatoms. The monoisotopic (exact) mass is 496 g/mol. The van der Waals surface area contributed by atoms with Crippen LogP contribution in [0.4, 0.5) is 0 Å². The average Bonchev–Trinajstić information content (AvgIpc) is 3.50. The summed E-state index contributed by atoms with van der Waals surface area (Å²) in [6, 6.07) is 42.0. The molecular formula is C33H33BN2Si. The molecule has 1 heterocycles. The standard InChI is InChI=1S/C19H22N2Si.C14H11B/c1-16(2)22-19(21-14-13-20-15-21,17-9-5-3-6-10-17)18-11-7-4-8-12-18;15-11-14(12-7-3-1-4-8-12)13-9-5-2-6-10-13/h3-16H,22H2,1-2H3;1-11H. The highest BCUT2D eigenvalue weighted by atomic mass is 28.2. The Hall–Kier alpha value is -3.89. The molecule has 0 unspecified atom stereocenters. The minimum absolute atomic E-state index is 0.0762. The summed E-state index contributed by atoms with van der Waals surface area (Å²) in [5, 5.41) is -0.0762. The van der Waals surface area contributed by atoms with E-state index in [0.717, 1.165) is 16.7 Å². The van der Waals surface area contributed by atoms with E-state index in [1.165, 1.54) is 11.1 Å². The first kappa shape index (κ1) is 26.2. The molecule has 0 amide bonds. The van der Waals surface area contributed by atoms with Crippen LogP contribution in [0, 0.1) is 0 Å². The summed E-state index contributed by atoms with van der Waals surface area (Å²) in [6.45, 7) is 4.67. The Balaban J connectivity index is 0.000000186. The maximum atomic E-state index is 5.67. The molecule has 0 fully saturated rings. The van der Waals surface area contributed by atoms with Gasteiger partial charge < -0.3 is 4.57 Å². The first-order valence-corrected chi connectivity index (χ1v) is 14.3. The molecule has 4 aromatic carbocycles. The lowest BCUT2D eigenvalue weighted by Crippen LogP contribution is -2.42. The van der Waals surface area contributed by atoms with Crippen molar-refractivity contribution in [3.8, 4) is 0 Å². The molecule has 2 radical (unpaired) electrons. The van der Waals surface area contributed by atoms with Gasteiger partial charge in [-0.3, -0.25) is 0 Å². The minimum Gasteiger partial charge on any atom is -0.327 e. The molecule has 182 valence electrons. The fourth-order valence-corrected chi connectivity index (χ4v) is 7.43. The molecule has 5 aromatic rings. The second kappa shape index (κ2) is 12.9. The molecule has 0 aliphatic rings. The average molecular weight is 497 g/mol. The molecule has 37 heavy (non-hydrogen) atoms. The summed E-state index contributed by atoms with van der Waals surface area (Å²) in [5.41, 5.74) is 6.77. The molecule has 0 saturated heterocycles. The third-order valence-electron chi connectivity index (χ3n) is 6.49. The first-order chi connectivity index (χ1) is 18.1. The maximum absolute atomic E-state index is 5.67. The van der Waals surface area contributed by atoms with Crippen LogP contribution in [-0.4, -0.2) is 26.9 Å². The highest BCUT2D eigenvalue weighted by Crippen LogP contribution is 2.35. The zero-order valence-corrected chi connectivity index (χ0v) is 23.0. The largest absolute Gasteiger partial charge is 0.327 e. The van der Waals surface area contributed by atoms with Gasteiger partial charge in [0.1, 0.15) is 7.85 Å². The van der Waals surface area contributed by atoms with E-state index in [4.69, 9.17) is 7.85 Å². The lowest BCUT2D eigenvalue weighted by Gasteiger charge is -2.38. The van der Waals surface area contributed by atoms with Gasteiger partial charge in [0.05, 0.1) is 21.0 Å². The molecule has 1 aromatic heterocycles. The van der Waals surface area contributed by atoms with Gasteiger partial charge in [-0.1, -0.05) is 141 Å². The van der Waals surface area contributed by atoms with E-state index in [9.17, 15) is 0 Å². The van der Waals surface area contributed by atoms with Crippen LogP contribution in [0.1, 0.15) is 36.1 Å². The van der Waals surface area contributed by atoms with Crippen LogP contribution in [0.15, 0.2) is 146 Å². The van der Waals surface area contributed by atoms with Crippen LogP contribution in [0.2, 0.25) is 5.54 Å². The summed E-state index contributed by atoms with van der Waals surface area (Å²) in [4.78, 5) is 4.33. The maximum Gasteiger partial charge on any atom is 0.103 e. The van der Waals surface area contributed by atoms with E-state index in [1.54, 1.807) is 5.98 Å². The molecule has 0 spiro atoms. The van der Waals surface area contributed by atoms with Gasteiger partial charge in [0.15, 0.2) is 0 Å². The van der Waals surface area contributed by atoms with E-state index in [2.05, 4.69) is 115 Å². The van der Waals surface area contributed by atoms with Crippen LogP contribution in [-0.2, 0) is 5.16 Å². The molecule has 0 aliphatic heterocycles. The Morgan fingerprint density at radius 2 is 1.16 bits per heavy atom. The fourth-order valence-electron chi connectivity index (χ4n) is 4.90. The van der Waals surface area contributed by atoms with E-state index in [-0.39, 0.29) is 5.16 Å². The van der Waals surface area contributed by atoms with Gasteiger partial charge in [0, 0.05) is 12.4 Å². The SMILES string of the molecule is CC(C)[SiH2]C(c1ccccc1)(c1ccccc1)n1ccnc1.[B]C=C(c1ccccc1)c1ccccc1. The molecular weight excluding hydrogens is 463 g/mol. The Morgan fingerprint density at radius 1 is 0.730 bits per heavy atom. The predicted molar refractivity (Wildman–Crippen MR) is 161 cm³/mol. The fraction of sp³-hybridized carbons (Fsp3) is 0.121. The highest BCUT2D eigenvalue weighted by molar-refractivity contribution is 6.43. The topological polar surface area (TPSA) is 17.8 Å². The lowest BCUT2D eigenvalue weighted by molar-refractivity contribution is 0.585. The first-order valence-electron chi connectivity index (χ1n) is 12.8. The summed E-state index contributed by atoms with van der Waals surface area (Å²) in [6.07, 6.45) is 5.96. The van der Waals surface area contributed by atoms with E-state index < -0.39 is 9.52 Å². The number of hydrogen-bond acceptors (Lipinski definition) is 1. The summed E-state index contributed by atoms with van der Waals surface area (Å²) in [5.74, 6) is 1.66. The molecule has 0 saturated carbocycles. The number of aromatic nitrogens is 2. The van der Waals surface area contributed by atoms with E-state index in [0.29, 0.717) is 5.54 Å². The van der Waals surface area contributed by atoms with Crippen molar-refractivity contribution in [2.24, 2.45) is 0 Å². The Kier molecular flexibility index (Phi) is 9.12. The Labute approximate surface area is 225 Å². The van der Waals surface area contributed by atoms with Crippen LogP contribution >= 0.6 is 0 Å². The van der Waals surface area contributed by atoms with Gasteiger partial charge in [-0.25, -0.2) is 4.98 Å². The van der Waals surface area contributed by atoms with Crippen molar-refractivity contribution in [1.29, 1.82) is 0 Å². The second-order valence-corrected chi connectivity index (χ2v) is 12.5. The number of nitrogens with zero attached hydrogens (tertiary/aromatic N) is 2. The van der Waals surface area contributed by atoms with Crippen molar-refractivity contribution < 1.29 is 0 Å². The molecule has 0 bridgehead atoms. The van der Waals surface area contributed by atoms with Gasteiger partial charge >= 0.3 is 0 Å². The van der Waals surface area contributed by atoms with Crippen LogP contribution in [0.5, 0.6) is 0 Å². The number of hydrogen-bond donors (Lipinski definition) is 0. The highest BCUT2D eigenvalue weighted by Gasteiger charge is 2.36. The third-order valence-corrected chi connectivity index (χ3v) is 9.08. The number of benzene rings is 4. The van der Waals surface area contributed by atoms with Gasteiger partial charge in [-0.2, -0.15) is 0 Å². The zero-order chi connectivity index (χ0) is 25.9. The van der Waals surface area contributed by atoms with Crippen molar-refractivity contribution in [1.82, 2.24) is 9.55 Å². The number of imidazole rings is 1. The zero-order valence-electron chi connectivity index (χ0n) is 21.6. The molecule has 5 rings (SSSR count). The van der Waals surface area contributed by atoms with Crippen LogP contribution in [0.25, 0.3) is 5.57 Å². The van der Waals surface area contributed by atoms with E-state index >= 15 is 0 Å². The van der Waals surface area contributed by atoms with Crippen molar-refractivity contribution in [2.45, 2.75) is 24.6 Å². The molecule has 0 atom stereocenters. The van der Waals surface area contributed by atoms with Crippen molar-refractivity contribution in [3.05, 3.63) is 168 Å². The Bertz CT molecular complexity index is 1270. The summed E-state index contributed by atoms with van der Waals surface area (Å²) in [7, 11) is 5.19. The van der Waals surface area contributed by atoms with Crippen LogP contribution in [0.3, 0.4) is 0 Å². The molecule has 0 aliphatic carbocycles. The van der Waals surface area contributed by atoms with Gasteiger partial charge in [0.25, 0.3) is 0 Å². The molecule has 0 N–H and O–H groups in total. The lowest BCUT2D eigenvalue weighted by atomic mass is 9.92. The molecule has 2 nitrogen and oxygen atoms in total. The van der Waals surface area contributed by atoms with Crippen molar-refractivity contribution in [3.63, 3.8) is 0 Å². The van der Waals surface area contributed by atoms with E-state index in [1.807, 2.05) is 48.9 Å². The second-order valence-electron chi connectivity index (χ2n) is 9.47.